The van der Waals surface area contributed by atoms with E-state index in [0.29, 0.717) is 42.9 Å². The second kappa shape index (κ2) is 10.8. The molecule has 210 valence electrons. The van der Waals surface area contributed by atoms with E-state index >= 15 is 0 Å². The van der Waals surface area contributed by atoms with Gasteiger partial charge in [-0.25, -0.2) is 0 Å². The van der Waals surface area contributed by atoms with E-state index in [4.69, 9.17) is 9.94 Å². The minimum atomic E-state index is -0.704. The van der Waals surface area contributed by atoms with E-state index in [0.717, 1.165) is 50.2 Å². The molecule has 4 saturated carbocycles. The summed E-state index contributed by atoms with van der Waals surface area (Å²) in [6.07, 6.45) is 14.2. The maximum absolute atomic E-state index is 12.4. The molecule has 0 aromatic rings. The third-order valence-corrected chi connectivity index (χ3v) is 11.6. The number of hydrogen-bond acceptors (Lipinski definition) is 5. The number of ketones is 1. The molecule has 7 heteroatoms. The summed E-state index contributed by atoms with van der Waals surface area (Å²) in [4.78, 5) is 41.2. The van der Waals surface area contributed by atoms with Gasteiger partial charge in [-0.2, -0.15) is 0 Å². The van der Waals surface area contributed by atoms with Crippen LogP contribution in [0.2, 0.25) is 0 Å². The molecule has 7 nitrogen and oxygen atoms in total. The van der Waals surface area contributed by atoms with Gasteiger partial charge in [-0.15, -0.1) is 0 Å². The van der Waals surface area contributed by atoms with Crippen molar-refractivity contribution in [2.75, 3.05) is 13.2 Å². The number of nitrogens with zero attached hydrogens (tertiary/aromatic N) is 1. The molecule has 5 rings (SSSR count). The van der Waals surface area contributed by atoms with Crippen molar-refractivity contribution in [3.8, 4) is 0 Å². The molecule has 0 aromatic heterocycles. The monoisotopic (exact) mass is 526 g/mol. The normalized spacial score (nSPS) is 41.3. The van der Waals surface area contributed by atoms with Crippen molar-refractivity contribution in [3.63, 3.8) is 0 Å². The molecule has 2 N–H and O–H groups in total. The van der Waals surface area contributed by atoms with Crippen molar-refractivity contribution in [2.45, 2.75) is 97.8 Å². The molecular weight excluding hydrogens is 480 g/mol. The molecule has 0 saturated heterocycles. The predicted octanol–water partition coefficient (Wildman–Crippen LogP) is 5.53. The summed E-state index contributed by atoms with van der Waals surface area (Å²) in [6.45, 7) is 7.16. The highest BCUT2D eigenvalue weighted by Gasteiger charge is 2.59. The quantitative estimate of drug-likeness (QED) is 0.424. The van der Waals surface area contributed by atoms with Gasteiger partial charge in [-0.1, -0.05) is 24.6 Å². The number of nitrogens with one attached hydrogen (secondary N) is 1. The van der Waals surface area contributed by atoms with E-state index in [1.165, 1.54) is 31.3 Å². The fraction of sp³-hybridized carbons (Fsp3) is 0.806. The van der Waals surface area contributed by atoms with Crippen LogP contribution in [0.25, 0.3) is 0 Å². The van der Waals surface area contributed by atoms with E-state index in [1.807, 2.05) is 0 Å². The van der Waals surface area contributed by atoms with Crippen LogP contribution in [0.3, 0.4) is 0 Å². The molecule has 0 radical (unpaired) electrons. The summed E-state index contributed by atoms with van der Waals surface area (Å²) in [7, 11) is 0. The first-order valence-corrected chi connectivity index (χ1v) is 15.0. The van der Waals surface area contributed by atoms with Crippen LogP contribution in [0.1, 0.15) is 97.8 Å². The number of carbonyl (C=O) groups is 3. The van der Waals surface area contributed by atoms with Gasteiger partial charge >= 0.3 is 5.97 Å². The highest BCUT2D eigenvalue weighted by molar-refractivity contribution is 5.96. The standard InChI is InChI=1S/C31H46N2O5/c1-19(34)25-10-11-26-24-9-8-22-16-23(12-14-30(22,2)27(24)13-15-31(25,26)3)33-38-18-28(35)32-17-20-4-6-21(7-5-20)29(36)37/h16,20-21,24-27H,4-15,17-18H2,1-3H3,(H,32,35)(H,36,37). The molecule has 0 bridgehead atoms. The van der Waals surface area contributed by atoms with Crippen LogP contribution in [-0.2, 0) is 19.2 Å². The SMILES string of the molecule is CC(=O)C1CCC2C3CCC4=CC(=NOCC(=O)NCC5CCC(C(=O)O)CC5)CCC4(C)C3CCC12C. The second-order valence-electron chi connectivity index (χ2n) is 13.5. The molecule has 6 unspecified atom stereocenters. The minimum Gasteiger partial charge on any atom is -0.481 e. The molecule has 0 aromatic carbocycles. The number of carboxylic acids is 1. The van der Waals surface area contributed by atoms with Crippen LogP contribution in [-0.4, -0.2) is 41.6 Å². The Morgan fingerprint density at radius 2 is 1.76 bits per heavy atom. The third-order valence-electron chi connectivity index (χ3n) is 11.6. The molecule has 5 aliphatic rings. The molecule has 6 atom stereocenters. The minimum absolute atomic E-state index is 0.0866. The molecule has 0 heterocycles. The smallest absolute Gasteiger partial charge is 0.306 e. The first-order chi connectivity index (χ1) is 18.1. The van der Waals surface area contributed by atoms with Crippen LogP contribution >= 0.6 is 0 Å². The Bertz CT molecular complexity index is 1010. The van der Waals surface area contributed by atoms with Crippen molar-refractivity contribution in [3.05, 3.63) is 11.6 Å². The Hall–Kier alpha value is -2.18. The Morgan fingerprint density at radius 3 is 2.47 bits per heavy atom. The maximum atomic E-state index is 12.4. The zero-order chi connectivity index (χ0) is 27.1. The van der Waals surface area contributed by atoms with E-state index in [2.05, 4.69) is 30.4 Å². The summed E-state index contributed by atoms with van der Waals surface area (Å²) < 4.78 is 0. The number of rotatable bonds is 7. The Kier molecular flexibility index (Phi) is 7.76. The lowest BCUT2D eigenvalue weighted by Gasteiger charge is -2.58. The maximum Gasteiger partial charge on any atom is 0.306 e. The Morgan fingerprint density at radius 1 is 1.00 bits per heavy atom. The molecule has 4 fully saturated rings. The van der Waals surface area contributed by atoms with Gasteiger partial charge < -0.3 is 15.3 Å². The van der Waals surface area contributed by atoms with Crippen molar-refractivity contribution in [1.29, 1.82) is 0 Å². The summed E-state index contributed by atoms with van der Waals surface area (Å²) in [5.74, 6) is 1.96. The highest BCUT2D eigenvalue weighted by atomic mass is 16.6. The molecule has 0 aliphatic heterocycles. The van der Waals surface area contributed by atoms with Crippen LogP contribution in [0, 0.1) is 46.3 Å². The van der Waals surface area contributed by atoms with Crippen LogP contribution in [0.5, 0.6) is 0 Å². The Labute approximate surface area is 227 Å². The van der Waals surface area contributed by atoms with Gasteiger partial charge in [0, 0.05) is 12.5 Å². The molecular formula is C31H46N2O5. The first-order valence-electron chi connectivity index (χ1n) is 15.0. The van der Waals surface area contributed by atoms with Gasteiger partial charge in [-0.3, -0.25) is 14.4 Å². The van der Waals surface area contributed by atoms with E-state index in [9.17, 15) is 14.4 Å². The lowest BCUT2D eigenvalue weighted by molar-refractivity contribution is -0.143. The summed E-state index contributed by atoms with van der Waals surface area (Å²) in [6, 6.07) is 0. The van der Waals surface area contributed by atoms with Gasteiger partial charge in [0.15, 0.2) is 6.61 Å². The third kappa shape index (κ3) is 5.06. The summed E-state index contributed by atoms with van der Waals surface area (Å²) >= 11 is 0. The lowest BCUT2D eigenvalue weighted by atomic mass is 9.46. The zero-order valence-electron chi connectivity index (χ0n) is 23.5. The van der Waals surface area contributed by atoms with Crippen molar-refractivity contribution < 1.29 is 24.3 Å². The Balaban J connectivity index is 1.13. The first kappa shape index (κ1) is 27.4. The van der Waals surface area contributed by atoms with Gasteiger partial charge in [-0.05, 0) is 125 Å². The topological polar surface area (TPSA) is 105 Å². The van der Waals surface area contributed by atoms with Crippen LogP contribution in [0.15, 0.2) is 16.8 Å². The lowest BCUT2D eigenvalue weighted by Crippen LogP contribution is -2.51. The van der Waals surface area contributed by atoms with Crippen molar-refractivity contribution in [2.24, 2.45) is 51.5 Å². The van der Waals surface area contributed by atoms with E-state index < -0.39 is 5.97 Å². The number of carbonyl (C=O) groups excluding carboxylic acids is 2. The molecule has 5 aliphatic carbocycles. The number of carboxylic acid groups (broad SMARTS) is 1. The summed E-state index contributed by atoms with van der Waals surface area (Å²) in [5, 5.41) is 16.4. The average Bonchev–Trinajstić information content (AvgIpc) is 3.25. The molecule has 0 spiro atoms. The van der Waals surface area contributed by atoms with E-state index in [1.54, 1.807) is 6.92 Å². The number of aliphatic carboxylic acids is 1. The van der Waals surface area contributed by atoms with Gasteiger partial charge in [0.05, 0.1) is 11.6 Å². The van der Waals surface area contributed by atoms with Crippen LogP contribution in [0.4, 0.5) is 0 Å². The van der Waals surface area contributed by atoms with Gasteiger partial charge in [0.1, 0.15) is 5.78 Å². The van der Waals surface area contributed by atoms with Crippen molar-refractivity contribution in [1.82, 2.24) is 5.32 Å². The fourth-order valence-electron chi connectivity index (χ4n) is 9.41. The number of Topliss-reactive ketones (excluding diaryl/α,β-unsaturated/α-hetero) is 1. The highest BCUT2D eigenvalue weighted by Crippen LogP contribution is 2.66. The average molecular weight is 527 g/mol. The second-order valence-corrected chi connectivity index (χ2v) is 13.5. The molecule has 1 amide bonds. The van der Waals surface area contributed by atoms with E-state index in [-0.39, 0.29) is 35.2 Å². The zero-order valence-corrected chi connectivity index (χ0v) is 23.5. The number of hydrogen-bond donors (Lipinski definition) is 2. The largest absolute Gasteiger partial charge is 0.481 e. The van der Waals surface area contributed by atoms with Gasteiger partial charge in [0.2, 0.25) is 0 Å². The number of fused-ring (bicyclic) bond motifs is 5. The number of allylic oxidation sites excluding steroid dienone is 2. The predicted molar refractivity (Wildman–Crippen MR) is 145 cm³/mol. The number of oxime groups is 1. The van der Waals surface area contributed by atoms with Gasteiger partial charge in [0.25, 0.3) is 5.91 Å². The number of amides is 1. The van der Waals surface area contributed by atoms with Crippen molar-refractivity contribution >= 4 is 23.4 Å². The molecule has 38 heavy (non-hydrogen) atoms. The van der Waals surface area contributed by atoms with Crippen LogP contribution < -0.4 is 5.32 Å². The summed E-state index contributed by atoms with van der Waals surface area (Å²) in [5.41, 5.74) is 2.83. The fourth-order valence-corrected chi connectivity index (χ4v) is 9.41.